The number of para-hydroxylation sites is 1. The van der Waals surface area contributed by atoms with E-state index >= 15 is 0 Å². The van der Waals surface area contributed by atoms with Crippen LogP contribution in [0.25, 0.3) is 0 Å². The fourth-order valence-corrected chi connectivity index (χ4v) is 2.52. The van der Waals surface area contributed by atoms with Gasteiger partial charge in [-0.25, -0.2) is 0 Å². The van der Waals surface area contributed by atoms with Crippen LogP contribution in [0.4, 0.5) is 11.4 Å². The summed E-state index contributed by atoms with van der Waals surface area (Å²) < 4.78 is 0. The number of nitrogens with zero attached hydrogens (tertiary/aromatic N) is 2. The normalized spacial score (nSPS) is 10.3. The molecule has 3 aromatic rings. The lowest BCUT2D eigenvalue weighted by Gasteiger charge is -2.11. The van der Waals surface area contributed by atoms with Gasteiger partial charge in [0.2, 0.25) is 0 Å². The number of hydrogen-bond donors (Lipinski definition) is 2. The number of hydrogen-bond acceptors (Lipinski definition) is 4. The number of benzene rings is 1. The molecule has 0 unspecified atom stereocenters. The molecule has 0 saturated carbocycles. The van der Waals surface area contributed by atoms with Gasteiger partial charge in [-0.3, -0.25) is 14.8 Å². The van der Waals surface area contributed by atoms with Gasteiger partial charge >= 0.3 is 0 Å². The molecule has 0 radical (unpaired) electrons. The van der Waals surface area contributed by atoms with Gasteiger partial charge in [0.15, 0.2) is 0 Å². The van der Waals surface area contributed by atoms with E-state index in [2.05, 4.69) is 33.6 Å². The van der Waals surface area contributed by atoms with Crippen molar-refractivity contribution in [1.82, 2.24) is 15.3 Å². The molecule has 5 nitrogen and oxygen atoms in total. The molecule has 0 fully saturated rings. The van der Waals surface area contributed by atoms with Crippen molar-refractivity contribution in [2.75, 3.05) is 5.32 Å². The van der Waals surface area contributed by atoms with Gasteiger partial charge in [-0.05, 0) is 41.8 Å². The Kier molecular flexibility index (Phi) is 5.36. The van der Waals surface area contributed by atoms with E-state index in [1.165, 1.54) is 5.56 Å². The summed E-state index contributed by atoms with van der Waals surface area (Å²) in [4.78, 5) is 20.5. The zero-order valence-corrected chi connectivity index (χ0v) is 14.1. The largest absolute Gasteiger partial charge is 0.354 e. The molecule has 0 saturated heterocycles. The molecule has 126 valence electrons. The smallest absolute Gasteiger partial charge is 0.253 e. The van der Waals surface area contributed by atoms with E-state index in [0.717, 1.165) is 23.4 Å². The van der Waals surface area contributed by atoms with Crippen LogP contribution >= 0.6 is 0 Å². The van der Waals surface area contributed by atoms with Crippen molar-refractivity contribution < 1.29 is 4.79 Å². The van der Waals surface area contributed by atoms with Crippen molar-refractivity contribution in [2.24, 2.45) is 0 Å². The second-order valence-electron chi connectivity index (χ2n) is 5.64. The number of anilines is 2. The number of pyridine rings is 2. The predicted octanol–water partition coefficient (Wildman–Crippen LogP) is 3.71. The van der Waals surface area contributed by atoms with Crippen LogP contribution in [0.5, 0.6) is 0 Å². The summed E-state index contributed by atoms with van der Waals surface area (Å²) in [6, 6.07) is 13.7. The molecule has 0 aliphatic carbocycles. The summed E-state index contributed by atoms with van der Waals surface area (Å²) in [6.07, 6.45) is 7.63. The zero-order chi connectivity index (χ0) is 17.5. The first kappa shape index (κ1) is 16.6. The molecule has 3 rings (SSSR count). The number of nitrogens with one attached hydrogen (secondary N) is 2. The SMILES string of the molecule is CCc1ccccc1Nc1cncc(C(=O)NCc2ccncc2)c1. The van der Waals surface area contributed by atoms with E-state index < -0.39 is 0 Å². The van der Waals surface area contributed by atoms with Crippen LogP contribution < -0.4 is 10.6 Å². The lowest BCUT2D eigenvalue weighted by molar-refractivity contribution is 0.0950. The number of aryl methyl sites for hydroxylation is 1. The lowest BCUT2D eigenvalue weighted by Crippen LogP contribution is -2.23. The number of aromatic nitrogens is 2. The number of rotatable bonds is 6. The maximum absolute atomic E-state index is 12.4. The Labute approximate surface area is 147 Å². The minimum Gasteiger partial charge on any atom is -0.354 e. The Morgan fingerprint density at radius 2 is 1.84 bits per heavy atom. The van der Waals surface area contributed by atoms with Crippen molar-refractivity contribution in [1.29, 1.82) is 0 Å². The van der Waals surface area contributed by atoms with Gasteiger partial charge in [0, 0.05) is 30.8 Å². The van der Waals surface area contributed by atoms with Gasteiger partial charge in [-0.1, -0.05) is 25.1 Å². The van der Waals surface area contributed by atoms with Crippen molar-refractivity contribution in [2.45, 2.75) is 19.9 Å². The molecule has 0 atom stereocenters. The second kappa shape index (κ2) is 8.06. The molecule has 2 aromatic heterocycles. The fourth-order valence-electron chi connectivity index (χ4n) is 2.52. The molecule has 5 heteroatoms. The van der Waals surface area contributed by atoms with Crippen LogP contribution in [0, 0.1) is 0 Å². The molecule has 2 heterocycles. The van der Waals surface area contributed by atoms with Gasteiger partial charge < -0.3 is 10.6 Å². The summed E-state index contributed by atoms with van der Waals surface area (Å²) in [7, 11) is 0. The third-order valence-electron chi connectivity index (χ3n) is 3.88. The van der Waals surface area contributed by atoms with Gasteiger partial charge in [-0.15, -0.1) is 0 Å². The van der Waals surface area contributed by atoms with E-state index in [1.54, 1.807) is 30.9 Å². The van der Waals surface area contributed by atoms with E-state index in [-0.39, 0.29) is 5.91 Å². The third kappa shape index (κ3) is 4.41. The first-order chi connectivity index (χ1) is 12.3. The Morgan fingerprint density at radius 3 is 2.64 bits per heavy atom. The highest BCUT2D eigenvalue weighted by Gasteiger charge is 2.08. The van der Waals surface area contributed by atoms with E-state index in [4.69, 9.17) is 0 Å². The number of carbonyl (C=O) groups is 1. The molecule has 0 aliphatic rings. The summed E-state index contributed by atoms with van der Waals surface area (Å²) in [6.45, 7) is 2.57. The Hall–Kier alpha value is -3.21. The minimum atomic E-state index is -0.156. The van der Waals surface area contributed by atoms with Crippen molar-refractivity contribution >= 4 is 17.3 Å². The molecule has 2 N–H and O–H groups in total. The fraction of sp³-hybridized carbons (Fsp3) is 0.150. The Balaban J connectivity index is 1.69. The molecule has 1 aromatic carbocycles. The predicted molar refractivity (Wildman–Crippen MR) is 98.7 cm³/mol. The quantitative estimate of drug-likeness (QED) is 0.722. The maximum atomic E-state index is 12.4. The van der Waals surface area contributed by atoms with Crippen LogP contribution in [0.2, 0.25) is 0 Å². The average molecular weight is 332 g/mol. The third-order valence-corrected chi connectivity index (χ3v) is 3.88. The van der Waals surface area contributed by atoms with Gasteiger partial charge in [-0.2, -0.15) is 0 Å². The van der Waals surface area contributed by atoms with Gasteiger partial charge in [0.1, 0.15) is 0 Å². The highest BCUT2D eigenvalue weighted by Crippen LogP contribution is 2.21. The maximum Gasteiger partial charge on any atom is 0.253 e. The topological polar surface area (TPSA) is 66.9 Å². The molecule has 25 heavy (non-hydrogen) atoms. The van der Waals surface area contributed by atoms with Crippen molar-refractivity contribution in [3.63, 3.8) is 0 Å². The molecular weight excluding hydrogens is 312 g/mol. The highest BCUT2D eigenvalue weighted by molar-refractivity contribution is 5.94. The van der Waals surface area contributed by atoms with E-state index in [9.17, 15) is 4.79 Å². The second-order valence-corrected chi connectivity index (χ2v) is 5.64. The van der Waals surface area contributed by atoms with Gasteiger partial charge in [0.25, 0.3) is 5.91 Å². The monoisotopic (exact) mass is 332 g/mol. The standard InChI is InChI=1S/C20H20N4O/c1-2-16-5-3-4-6-19(16)24-18-11-17(13-22-14-18)20(25)23-12-15-7-9-21-10-8-15/h3-11,13-14,24H,2,12H2,1H3,(H,23,25). The number of amides is 1. The van der Waals surface area contributed by atoms with Crippen LogP contribution in [0.15, 0.2) is 67.3 Å². The lowest BCUT2D eigenvalue weighted by atomic mass is 10.1. The minimum absolute atomic E-state index is 0.156. The van der Waals surface area contributed by atoms with Crippen LogP contribution in [0.3, 0.4) is 0 Å². The van der Waals surface area contributed by atoms with Crippen LogP contribution in [-0.4, -0.2) is 15.9 Å². The molecule has 0 bridgehead atoms. The van der Waals surface area contributed by atoms with E-state index in [0.29, 0.717) is 12.1 Å². The first-order valence-corrected chi connectivity index (χ1v) is 8.23. The summed E-state index contributed by atoms with van der Waals surface area (Å²) in [5.74, 6) is -0.156. The van der Waals surface area contributed by atoms with E-state index in [1.807, 2.05) is 30.3 Å². The van der Waals surface area contributed by atoms with Gasteiger partial charge in [0.05, 0.1) is 17.4 Å². The molecular formula is C20H20N4O. The highest BCUT2D eigenvalue weighted by atomic mass is 16.1. The Bertz CT molecular complexity index is 849. The Morgan fingerprint density at radius 1 is 1.04 bits per heavy atom. The molecule has 1 amide bonds. The summed E-state index contributed by atoms with van der Waals surface area (Å²) in [5.41, 5.74) is 4.56. The average Bonchev–Trinajstić information content (AvgIpc) is 2.67. The van der Waals surface area contributed by atoms with Crippen LogP contribution in [0.1, 0.15) is 28.4 Å². The molecule has 0 aliphatic heterocycles. The summed E-state index contributed by atoms with van der Waals surface area (Å²) >= 11 is 0. The van der Waals surface area contributed by atoms with Crippen molar-refractivity contribution in [3.8, 4) is 0 Å². The number of carbonyl (C=O) groups excluding carboxylic acids is 1. The summed E-state index contributed by atoms with van der Waals surface area (Å²) in [5, 5.41) is 6.24. The molecule has 0 spiro atoms. The first-order valence-electron chi connectivity index (χ1n) is 8.23. The van der Waals surface area contributed by atoms with Crippen molar-refractivity contribution in [3.05, 3.63) is 83.9 Å². The van der Waals surface area contributed by atoms with Crippen LogP contribution in [-0.2, 0) is 13.0 Å². The zero-order valence-electron chi connectivity index (χ0n) is 14.1.